The van der Waals surface area contributed by atoms with Crippen molar-refractivity contribution in [1.82, 2.24) is 19.0 Å². The minimum Gasteiger partial charge on any atom is -0.401 e. The summed E-state index contributed by atoms with van der Waals surface area (Å²) < 4.78 is 3.37. The van der Waals surface area contributed by atoms with E-state index in [9.17, 15) is 9.59 Å². The molecule has 0 saturated carbocycles. The maximum absolute atomic E-state index is 12.5. The van der Waals surface area contributed by atoms with Crippen LogP contribution in [-0.2, 0) is 18.4 Å². The third-order valence-electron chi connectivity index (χ3n) is 5.15. The lowest BCUT2D eigenvalue weighted by atomic mass is 9.94. The molecule has 1 aliphatic heterocycles. The van der Waals surface area contributed by atoms with E-state index in [0.29, 0.717) is 35.9 Å². The number of nitrogens with zero attached hydrogens (tertiary/aromatic N) is 4. The maximum atomic E-state index is 12.5. The number of hydrogen-bond donors (Lipinski definition) is 2. The van der Waals surface area contributed by atoms with Crippen LogP contribution in [0.1, 0.15) is 44.7 Å². The van der Waals surface area contributed by atoms with Gasteiger partial charge in [-0.1, -0.05) is 6.92 Å². The summed E-state index contributed by atoms with van der Waals surface area (Å²) in [6.45, 7) is 5.68. The molecule has 0 spiro atoms. The molecule has 1 amide bonds. The number of nitrogens with two attached hydrogens (primary N) is 1. The standard InChI is InChI=1S/C19H27N5O2S/c1-4-9-24-15-8-7-14(21-17(15)22(3)19(24)26)13-6-5-10-23(11-13)18(25)16(27)12(2)20/h7-8,13,27H,4-6,9-11,20H2,1-3H3/b16-12-. The zero-order valence-electron chi connectivity index (χ0n) is 16.1. The number of rotatable bonds is 4. The number of likely N-dealkylation sites (tertiary alicyclic amines) is 1. The summed E-state index contributed by atoms with van der Waals surface area (Å²) in [5.41, 5.74) is 8.57. The van der Waals surface area contributed by atoms with Crippen LogP contribution in [0.25, 0.3) is 11.2 Å². The maximum Gasteiger partial charge on any atom is 0.330 e. The van der Waals surface area contributed by atoms with Crippen molar-refractivity contribution >= 4 is 29.7 Å². The van der Waals surface area contributed by atoms with E-state index >= 15 is 0 Å². The molecular weight excluding hydrogens is 362 g/mol. The van der Waals surface area contributed by atoms with Crippen molar-refractivity contribution in [3.63, 3.8) is 0 Å². The summed E-state index contributed by atoms with van der Waals surface area (Å²) in [6.07, 6.45) is 2.75. The van der Waals surface area contributed by atoms with E-state index in [1.807, 2.05) is 19.1 Å². The predicted octanol–water partition coefficient (Wildman–Crippen LogP) is 1.97. The Hall–Kier alpha value is -2.22. The lowest BCUT2D eigenvalue weighted by molar-refractivity contribution is -0.127. The first-order valence-corrected chi connectivity index (χ1v) is 9.80. The van der Waals surface area contributed by atoms with E-state index in [2.05, 4.69) is 12.6 Å². The number of carbonyl (C=O) groups is 1. The summed E-state index contributed by atoms with van der Waals surface area (Å²) in [5, 5.41) is 0. The average molecular weight is 390 g/mol. The largest absolute Gasteiger partial charge is 0.401 e. The minimum absolute atomic E-state index is 0.0415. The van der Waals surface area contributed by atoms with Gasteiger partial charge in [-0.25, -0.2) is 9.78 Å². The summed E-state index contributed by atoms with van der Waals surface area (Å²) in [4.78, 5) is 31.9. The van der Waals surface area contributed by atoms with E-state index in [-0.39, 0.29) is 17.5 Å². The third kappa shape index (κ3) is 3.63. The first-order chi connectivity index (χ1) is 12.8. The molecule has 1 fully saturated rings. The predicted molar refractivity (Wildman–Crippen MR) is 110 cm³/mol. The van der Waals surface area contributed by atoms with Crippen molar-refractivity contribution in [3.8, 4) is 0 Å². The van der Waals surface area contributed by atoms with Crippen LogP contribution in [-0.4, -0.2) is 38.0 Å². The highest BCUT2D eigenvalue weighted by atomic mass is 32.1. The molecule has 8 heteroatoms. The van der Waals surface area contributed by atoms with Crippen molar-refractivity contribution < 1.29 is 4.79 Å². The van der Waals surface area contributed by atoms with Crippen molar-refractivity contribution in [2.75, 3.05) is 13.1 Å². The summed E-state index contributed by atoms with van der Waals surface area (Å²) in [7, 11) is 1.76. The van der Waals surface area contributed by atoms with Gasteiger partial charge in [0.1, 0.15) is 0 Å². The Morgan fingerprint density at radius 1 is 1.41 bits per heavy atom. The van der Waals surface area contributed by atoms with Crippen LogP contribution in [0.5, 0.6) is 0 Å². The van der Waals surface area contributed by atoms with E-state index in [0.717, 1.165) is 30.5 Å². The number of aromatic nitrogens is 3. The van der Waals surface area contributed by atoms with Gasteiger partial charge in [-0.15, -0.1) is 12.6 Å². The van der Waals surface area contributed by atoms with Gasteiger partial charge in [-0.2, -0.15) is 0 Å². The molecule has 3 heterocycles. The average Bonchev–Trinajstić information content (AvgIpc) is 2.91. The highest BCUT2D eigenvalue weighted by molar-refractivity contribution is 7.85. The van der Waals surface area contributed by atoms with Gasteiger partial charge in [-0.05, 0) is 38.3 Å². The second kappa shape index (κ2) is 7.80. The number of hydrogen-bond acceptors (Lipinski definition) is 5. The molecule has 7 nitrogen and oxygen atoms in total. The van der Waals surface area contributed by atoms with E-state index in [1.54, 1.807) is 28.0 Å². The van der Waals surface area contributed by atoms with Gasteiger partial charge in [0.25, 0.3) is 5.91 Å². The number of aryl methyl sites for hydroxylation is 2. The van der Waals surface area contributed by atoms with Crippen LogP contribution in [0.3, 0.4) is 0 Å². The monoisotopic (exact) mass is 389 g/mol. The number of carbonyl (C=O) groups excluding carboxylic acids is 1. The van der Waals surface area contributed by atoms with E-state index in [1.165, 1.54) is 0 Å². The van der Waals surface area contributed by atoms with Crippen molar-refractivity contribution in [1.29, 1.82) is 0 Å². The van der Waals surface area contributed by atoms with Crippen LogP contribution in [0.4, 0.5) is 0 Å². The fraction of sp³-hybridized carbons (Fsp3) is 0.526. The molecule has 0 aromatic carbocycles. The van der Waals surface area contributed by atoms with Crippen LogP contribution < -0.4 is 11.4 Å². The summed E-state index contributed by atoms with van der Waals surface area (Å²) in [5.74, 6) is 0.00144. The molecule has 1 unspecified atom stereocenters. The molecule has 2 aromatic heterocycles. The Bertz CT molecular complexity index is 955. The molecule has 2 N–H and O–H groups in total. The summed E-state index contributed by atoms with van der Waals surface area (Å²) in [6, 6.07) is 3.96. The van der Waals surface area contributed by atoms with Crippen molar-refractivity contribution in [2.45, 2.75) is 45.6 Å². The quantitative estimate of drug-likeness (QED) is 0.618. The van der Waals surface area contributed by atoms with Gasteiger partial charge >= 0.3 is 5.69 Å². The van der Waals surface area contributed by atoms with Gasteiger partial charge in [-0.3, -0.25) is 13.9 Å². The lowest BCUT2D eigenvalue weighted by Gasteiger charge is -2.32. The van der Waals surface area contributed by atoms with Gasteiger partial charge in [0.15, 0.2) is 5.65 Å². The number of thiol groups is 1. The molecule has 1 atom stereocenters. The number of imidazole rings is 1. The Kier molecular flexibility index (Phi) is 5.64. The Morgan fingerprint density at radius 3 is 2.81 bits per heavy atom. The molecule has 0 radical (unpaired) electrons. The van der Waals surface area contributed by atoms with Gasteiger partial charge in [0.05, 0.1) is 10.4 Å². The Balaban J connectivity index is 1.91. The third-order valence-corrected chi connectivity index (χ3v) is 5.70. The zero-order chi connectivity index (χ0) is 19.7. The number of pyridine rings is 1. The van der Waals surface area contributed by atoms with Crippen LogP contribution in [0.15, 0.2) is 27.5 Å². The lowest BCUT2D eigenvalue weighted by Crippen LogP contribution is -2.39. The fourth-order valence-electron chi connectivity index (χ4n) is 3.68. The van der Waals surface area contributed by atoms with Crippen molar-refractivity contribution in [3.05, 3.63) is 38.9 Å². The molecule has 146 valence electrons. The number of piperidine rings is 1. The second-order valence-corrected chi connectivity index (χ2v) is 7.64. The molecule has 1 aliphatic rings. The first-order valence-electron chi connectivity index (χ1n) is 9.35. The van der Waals surface area contributed by atoms with E-state index in [4.69, 9.17) is 10.7 Å². The van der Waals surface area contributed by atoms with Crippen LogP contribution in [0, 0.1) is 0 Å². The highest BCUT2D eigenvalue weighted by Gasteiger charge is 2.27. The topological polar surface area (TPSA) is 86.2 Å². The van der Waals surface area contributed by atoms with Crippen molar-refractivity contribution in [2.24, 2.45) is 12.8 Å². The first kappa shape index (κ1) is 19.5. The van der Waals surface area contributed by atoms with Crippen LogP contribution in [0.2, 0.25) is 0 Å². The zero-order valence-corrected chi connectivity index (χ0v) is 17.0. The molecule has 2 aromatic rings. The highest BCUT2D eigenvalue weighted by Crippen LogP contribution is 2.28. The Morgan fingerprint density at radius 2 is 2.15 bits per heavy atom. The molecule has 0 aliphatic carbocycles. The minimum atomic E-state index is -0.134. The number of amides is 1. The van der Waals surface area contributed by atoms with Crippen LogP contribution >= 0.6 is 12.6 Å². The second-order valence-electron chi connectivity index (χ2n) is 7.19. The number of fused-ring (bicyclic) bond motifs is 1. The van der Waals surface area contributed by atoms with E-state index < -0.39 is 0 Å². The fourth-order valence-corrected chi connectivity index (χ4v) is 3.82. The molecule has 27 heavy (non-hydrogen) atoms. The molecule has 3 rings (SSSR count). The molecule has 0 bridgehead atoms. The molecular formula is C19H27N5O2S. The van der Waals surface area contributed by atoms with Gasteiger partial charge in [0, 0.05) is 44.0 Å². The Labute approximate surface area is 164 Å². The molecule has 1 saturated heterocycles. The smallest absolute Gasteiger partial charge is 0.330 e. The SMILES string of the molecule is CCCn1c(=O)n(C)c2nc(C3CCCN(C(=O)/C(S)=C(\C)N)C3)ccc21. The normalized spacial score (nSPS) is 18.7. The van der Waals surface area contributed by atoms with Gasteiger partial charge < -0.3 is 10.6 Å². The van der Waals surface area contributed by atoms with Gasteiger partial charge in [0.2, 0.25) is 0 Å². The summed E-state index contributed by atoms with van der Waals surface area (Å²) >= 11 is 4.25. The number of allylic oxidation sites excluding steroid dienone is 1.